The molecule has 0 saturated carbocycles. The maximum Gasteiger partial charge on any atom is 0.297 e. The zero-order valence-corrected chi connectivity index (χ0v) is 11.2. The maximum atomic E-state index is 11.9. The van der Waals surface area contributed by atoms with Gasteiger partial charge in [-0.1, -0.05) is 17.7 Å². The van der Waals surface area contributed by atoms with Crippen LogP contribution in [0.1, 0.15) is 5.56 Å². The van der Waals surface area contributed by atoms with Crippen LogP contribution in [0.5, 0.6) is 0 Å². The average molecular weight is 288 g/mol. The number of aliphatic hydroxyl groups excluding tert-OH is 2. The number of aliphatic hydroxyl groups is 2. The van der Waals surface area contributed by atoms with Crippen molar-refractivity contribution in [2.24, 2.45) is 0 Å². The summed E-state index contributed by atoms with van der Waals surface area (Å²) in [4.78, 5) is 0.0473. The van der Waals surface area contributed by atoms with Crippen LogP contribution in [-0.2, 0) is 19.0 Å². The van der Waals surface area contributed by atoms with Crippen molar-refractivity contribution in [3.05, 3.63) is 29.8 Å². The van der Waals surface area contributed by atoms with Crippen molar-refractivity contribution in [2.75, 3.05) is 13.2 Å². The van der Waals surface area contributed by atoms with Crippen LogP contribution >= 0.6 is 0 Å². The Labute approximate surface area is 111 Å². The van der Waals surface area contributed by atoms with E-state index in [-0.39, 0.29) is 18.1 Å². The van der Waals surface area contributed by atoms with Gasteiger partial charge in [0.25, 0.3) is 10.1 Å². The summed E-state index contributed by atoms with van der Waals surface area (Å²) in [6, 6.07) is 6.23. The molecule has 0 aromatic heterocycles. The third-order valence-electron chi connectivity index (χ3n) is 2.95. The van der Waals surface area contributed by atoms with Crippen LogP contribution in [0, 0.1) is 6.92 Å². The number of hydrogen-bond donors (Lipinski definition) is 2. The van der Waals surface area contributed by atoms with E-state index in [9.17, 15) is 18.6 Å². The largest absolute Gasteiger partial charge is 0.388 e. The molecule has 3 atom stereocenters. The number of ether oxygens (including phenoxy) is 1. The van der Waals surface area contributed by atoms with Gasteiger partial charge in [0, 0.05) is 0 Å². The average Bonchev–Trinajstić information content (AvgIpc) is 2.68. The van der Waals surface area contributed by atoms with Gasteiger partial charge in [-0.3, -0.25) is 4.18 Å². The highest BCUT2D eigenvalue weighted by atomic mass is 32.2. The van der Waals surface area contributed by atoms with E-state index in [0.717, 1.165) is 5.56 Å². The summed E-state index contributed by atoms with van der Waals surface area (Å²) in [7, 11) is -3.88. The first-order valence-corrected chi connectivity index (χ1v) is 7.25. The summed E-state index contributed by atoms with van der Waals surface area (Å²) in [6.07, 6.45) is -2.97. The van der Waals surface area contributed by atoms with Gasteiger partial charge in [0.1, 0.15) is 18.3 Å². The van der Waals surface area contributed by atoms with Crippen molar-refractivity contribution >= 4 is 10.1 Å². The van der Waals surface area contributed by atoms with Gasteiger partial charge in [-0.15, -0.1) is 0 Å². The van der Waals surface area contributed by atoms with Gasteiger partial charge in [-0.2, -0.15) is 8.42 Å². The zero-order chi connectivity index (χ0) is 14.0. The summed E-state index contributed by atoms with van der Waals surface area (Å²) in [6.45, 7) is 1.50. The van der Waals surface area contributed by atoms with Crippen LogP contribution in [0.2, 0.25) is 0 Å². The molecule has 2 rings (SSSR count). The molecule has 2 N–H and O–H groups in total. The molecule has 1 saturated heterocycles. The van der Waals surface area contributed by atoms with Gasteiger partial charge < -0.3 is 14.9 Å². The topological polar surface area (TPSA) is 93.1 Å². The predicted octanol–water partition coefficient (Wildman–Crippen LogP) is -0.179. The van der Waals surface area contributed by atoms with E-state index in [2.05, 4.69) is 0 Å². The van der Waals surface area contributed by atoms with E-state index in [0.29, 0.717) is 0 Å². The Kier molecular flexibility index (Phi) is 4.22. The zero-order valence-electron chi connectivity index (χ0n) is 10.4. The predicted molar refractivity (Wildman–Crippen MR) is 66.1 cm³/mol. The van der Waals surface area contributed by atoms with Crippen LogP contribution in [0.3, 0.4) is 0 Å². The van der Waals surface area contributed by atoms with Crippen molar-refractivity contribution in [3.8, 4) is 0 Å². The molecule has 6 nitrogen and oxygen atoms in total. The fourth-order valence-electron chi connectivity index (χ4n) is 1.74. The summed E-state index contributed by atoms with van der Waals surface area (Å²) in [5.41, 5.74) is 0.941. The van der Waals surface area contributed by atoms with E-state index < -0.39 is 28.4 Å². The summed E-state index contributed by atoms with van der Waals surface area (Å²) in [5.74, 6) is 0. The molecule has 0 aliphatic carbocycles. The molecule has 0 amide bonds. The third-order valence-corrected chi connectivity index (χ3v) is 4.25. The summed E-state index contributed by atoms with van der Waals surface area (Å²) >= 11 is 0. The quantitative estimate of drug-likeness (QED) is 0.747. The first-order valence-electron chi connectivity index (χ1n) is 5.84. The molecule has 1 aromatic rings. The molecule has 0 radical (unpaired) electrons. The lowest BCUT2D eigenvalue weighted by Crippen LogP contribution is -2.33. The van der Waals surface area contributed by atoms with Crippen LogP contribution in [0.4, 0.5) is 0 Å². The van der Waals surface area contributed by atoms with Gasteiger partial charge in [0.05, 0.1) is 18.1 Å². The Morgan fingerprint density at radius 1 is 1.32 bits per heavy atom. The molecule has 106 valence electrons. The molecule has 1 aromatic carbocycles. The Bertz CT molecular complexity index is 524. The second-order valence-electron chi connectivity index (χ2n) is 4.48. The van der Waals surface area contributed by atoms with Crippen LogP contribution < -0.4 is 0 Å². The minimum absolute atomic E-state index is 0.0280. The fraction of sp³-hybridized carbons (Fsp3) is 0.500. The normalized spacial score (nSPS) is 27.6. The van der Waals surface area contributed by atoms with E-state index in [1.54, 1.807) is 12.1 Å². The highest BCUT2D eigenvalue weighted by molar-refractivity contribution is 7.86. The van der Waals surface area contributed by atoms with Crippen molar-refractivity contribution < 1.29 is 27.6 Å². The van der Waals surface area contributed by atoms with Crippen LogP contribution in [-0.4, -0.2) is 50.2 Å². The third kappa shape index (κ3) is 3.31. The first kappa shape index (κ1) is 14.4. The number of aryl methyl sites for hydroxylation is 1. The second kappa shape index (κ2) is 5.56. The van der Waals surface area contributed by atoms with Gasteiger partial charge in [-0.25, -0.2) is 0 Å². The highest BCUT2D eigenvalue weighted by Gasteiger charge is 2.35. The minimum atomic E-state index is -3.88. The summed E-state index contributed by atoms with van der Waals surface area (Å²) < 4.78 is 33.6. The van der Waals surface area contributed by atoms with E-state index in [1.165, 1.54) is 12.1 Å². The molecule has 0 bridgehead atoms. The SMILES string of the molecule is Cc1ccc(S(=O)(=O)OC[C@H]2OC[C@H](O)[C@H]2O)cc1. The molecule has 0 spiro atoms. The molecule has 1 fully saturated rings. The molecule has 1 aliphatic heterocycles. The van der Waals surface area contributed by atoms with Crippen molar-refractivity contribution in [1.29, 1.82) is 0 Å². The van der Waals surface area contributed by atoms with Crippen molar-refractivity contribution in [1.82, 2.24) is 0 Å². The van der Waals surface area contributed by atoms with Gasteiger partial charge in [-0.05, 0) is 19.1 Å². The Morgan fingerprint density at radius 2 is 1.95 bits per heavy atom. The molecule has 0 unspecified atom stereocenters. The second-order valence-corrected chi connectivity index (χ2v) is 6.10. The monoisotopic (exact) mass is 288 g/mol. The Balaban J connectivity index is 2.00. The highest BCUT2D eigenvalue weighted by Crippen LogP contribution is 2.18. The van der Waals surface area contributed by atoms with Gasteiger partial charge in [0.2, 0.25) is 0 Å². The minimum Gasteiger partial charge on any atom is -0.388 e. The number of benzene rings is 1. The Hall–Kier alpha value is -0.990. The van der Waals surface area contributed by atoms with Crippen molar-refractivity contribution in [2.45, 2.75) is 30.1 Å². The molecule has 7 heteroatoms. The lowest BCUT2D eigenvalue weighted by molar-refractivity contribution is 0.00120. The molecule has 19 heavy (non-hydrogen) atoms. The van der Waals surface area contributed by atoms with Crippen LogP contribution in [0.25, 0.3) is 0 Å². The smallest absolute Gasteiger partial charge is 0.297 e. The Morgan fingerprint density at radius 3 is 2.47 bits per heavy atom. The summed E-state index contributed by atoms with van der Waals surface area (Å²) in [5, 5.41) is 18.8. The standard InChI is InChI=1S/C12H16O6S/c1-8-2-4-9(5-3-8)19(15,16)18-7-11-12(14)10(13)6-17-11/h2-5,10-14H,6-7H2,1H3/t10-,11+,12+/m0/s1. The number of rotatable bonds is 4. The van der Waals surface area contributed by atoms with E-state index in [4.69, 9.17) is 8.92 Å². The lowest BCUT2D eigenvalue weighted by atomic mass is 10.2. The molecule has 1 heterocycles. The molecule has 1 aliphatic rings. The van der Waals surface area contributed by atoms with Crippen LogP contribution in [0.15, 0.2) is 29.2 Å². The fourth-order valence-corrected chi connectivity index (χ4v) is 2.66. The number of hydrogen-bond acceptors (Lipinski definition) is 6. The van der Waals surface area contributed by atoms with E-state index >= 15 is 0 Å². The maximum absolute atomic E-state index is 11.9. The molecular formula is C12H16O6S. The first-order chi connectivity index (χ1) is 8.90. The van der Waals surface area contributed by atoms with Crippen molar-refractivity contribution in [3.63, 3.8) is 0 Å². The van der Waals surface area contributed by atoms with Gasteiger partial charge >= 0.3 is 0 Å². The van der Waals surface area contributed by atoms with E-state index in [1.807, 2.05) is 6.92 Å². The van der Waals surface area contributed by atoms with Gasteiger partial charge in [0.15, 0.2) is 0 Å². The molecular weight excluding hydrogens is 272 g/mol. The lowest BCUT2D eigenvalue weighted by Gasteiger charge is -2.14.